The molecular weight excluding hydrogens is 580 g/mol. The summed E-state index contributed by atoms with van der Waals surface area (Å²) >= 11 is 0. The van der Waals surface area contributed by atoms with Gasteiger partial charge < -0.3 is 29.2 Å². The number of hydrogen-bond donors (Lipinski definition) is 2. The third kappa shape index (κ3) is 4.46. The molecule has 6 rings (SSSR count). The number of fused-ring (bicyclic) bond motifs is 5. The Hall–Kier alpha value is -3.08. The lowest BCUT2D eigenvalue weighted by atomic mass is 9.43. The van der Waals surface area contributed by atoms with Crippen molar-refractivity contribution in [3.63, 3.8) is 0 Å². The van der Waals surface area contributed by atoms with Gasteiger partial charge in [-0.2, -0.15) is 0 Å². The van der Waals surface area contributed by atoms with Crippen LogP contribution in [-0.4, -0.2) is 76.1 Å². The minimum atomic E-state index is -2.00. The van der Waals surface area contributed by atoms with Crippen LogP contribution in [-0.2, 0) is 33.3 Å². The van der Waals surface area contributed by atoms with Gasteiger partial charge in [0.25, 0.3) is 0 Å². The largest absolute Gasteiger partial charge is 0.455 e. The van der Waals surface area contributed by atoms with Crippen LogP contribution in [0.1, 0.15) is 84.0 Å². The third-order valence-corrected chi connectivity index (χ3v) is 12.1. The molecule has 0 radical (unpaired) electrons. The van der Waals surface area contributed by atoms with Gasteiger partial charge in [-0.25, -0.2) is 4.79 Å². The highest BCUT2D eigenvalue weighted by atomic mass is 16.6. The van der Waals surface area contributed by atoms with Gasteiger partial charge in [-0.3, -0.25) is 14.4 Å². The summed E-state index contributed by atoms with van der Waals surface area (Å²) in [5.41, 5.74) is -5.26. The normalized spacial score (nSPS) is 40.4. The highest BCUT2D eigenvalue weighted by Crippen LogP contribution is 2.65. The van der Waals surface area contributed by atoms with Crippen molar-refractivity contribution in [1.29, 1.82) is 0 Å². The molecule has 1 aliphatic heterocycles. The van der Waals surface area contributed by atoms with Gasteiger partial charge in [-0.05, 0) is 55.4 Å². The summed E-state index contributed by atoms with van der Waals surface area (Å²) in [6, 6.07) is 8.34. The Morgan fingerprint density at radius 2 is 1.71 bits per heavy atom. The molecule has 45 heavy (non-hydrogen) atoms. The van der Waals surface area contributed by atoms with Gasteiger partial charge in [0, 0.05) is 24.2 Å². The molecule has 9 unspecified atom stereocenters. The van der Waals surface area contributed by atoms with Crippen molar-refractivity contribution in [1.82, 2.24) is 0 Å². The van der Waals surface area contributed by atoms with Crippen LogP contribution < -0.4 is 0 Å². The number of benzene rings is 1. The van der Waals surface area contributed by atoms with E-state index in [0.29, 0.717) is 24.8 Å². The molecule has 2 bridgehead atoms. The van der Waals surface area contributed by atoms with Gasteiger partial charge in [-0.15, -0.1) is 0 Å². The second-order valence-electron chi connectivity index (χ2n) is 14.6. The lowest BCUT2D eigenvalue weighted by Crippen LogP contribution is -2.81. The van der Waals surface area contributed by atoms with E-state index in [2.05, 4.69) is 0 Å². The molecule has 4 fully saturated rings. The quantitative estimate of drug-likeness (QED) is 0.283. The van der Waals surface area contributed by atoms with Crippen molar-refractivity contribution in [3.8, 4) is 0 Å². The summed E-state index contributed by atoms with van der Waals surface area (Å²) in [6.45, 7) is 9.86. The number of Topliss-reactive ketones (excluding diaryl/α,β-unsaturated/α-hetero) is 1. The van der Waals surface area contributed by atoms with E-state index >= 15 is 4.79 Å². The number of rotatable bonds is 5. The van der Waals surface area contributed by atoms with Crippen LogP contribution in [0.4, 0.5) is 0 Å². The molecule has 2 N–H and O–H groups in total. The van der Waals surface area contributed by atoms with E-state index in [9.17, 15) is 24.6 Å². The van der Waals surface area contributed by atoms with Gasteiger partial charge in [0.2, 0.25) is 0 Å². The Morgan fingerprint density at radius 3 is 2.27 bits per heavy atom. The van der Waals surface area contributed by atoms with Crippen molar-refractivity contribution >= 4 is 23.7 Å². The molecule has 0 aromatic heterocycles. The van der Waals surface area contributed by atoms with Crippen molar-refractivity contribution in [2.75, 3.05) is 6.61 Å². The van der Waals surface area contributed by atoms with Crippen LogP contribution in [0.5, 0.6) is 0 Å². The maximum Gasteiger partial charge on any atom is 0.338 e. The van der Waals surface area contributed by atoms with Gasteiger partial charge in [0.15, 0.2) is 17.5 Å². The molecule has 10 heteroatoms. The summed E-state index contributed by atoms with van der Waals surface area (Å²) in [7, 11) is 0. The van der Waals surface area contributed by atoms with Gasteiger partial charge in [0.05, 0.1) is 30.1 Å². The molecule has 0 amide bonds. The molecule has 244 valence electrons. The van der Waals surface area contributed by atoms with Gasteiger partial charge >= 0.3 is 17.9 Å². The van der Waals surface area contributed by atoms with Crippen LogP contribution in [0, 0.1) is 28.6 Å². The van der Waals surface area contributed by atoms with Crippen molar-refractivity contribution in [2.24, 2.45) is 28.6 Å². The standard InChI is InChI=1S/C35H44O10/c1-18-15-24-34(17-42-24,45-31(40)22-13-10-14-22)27-29(44-30(39)21-11-8-7-9-12-21)35(41)16-23(37)19(2)25(32(35,4)5)26(43-20(3)36)28(38)33(18,27)6/h7-9,11-12,18,22-24,26-27,29,37,41H,10,13-17H2,1-6H3. The SMILES string of the molecule is CC(=O)OC1C(=O)C2(C)C(C)CC3OCC3(OC(=O)C3CCC3)C2C(OC(=O)c2ccccc2)C2(O)CC(O)C(C)=C1C2(C)C. The molecule has 1 saturated heterocycles. The summed E-state index contributed by atoms with van der Waals surface area (Å²) in [5.74, 6) is -4.11. The van der Waals surface area contributed by atoms with Gasteiger partial charge in [-0.1, -0.05) is 52.3 Å². The molecule has 1 aromatic rings. The van der Waals surface area contributed by atoms with Gasteiger partial charge in [0.1, 0.15) is 17.8 Å². The number of carbonyl (C=O) groups excluding carboxylic acids is 4. The first-order valence-electron chi connectivity index (χ1n) is 16.0. The van der Waals surface area contributed by atoms with Crippen LogP contribution in [0.2, 0.25) is 0 Å². The zero-order valence-electron chi connectivity index (χ0n) is 26.8. The second kappa shape index (κ2) is 10.7. The highest BCUT2D eigenvalue weighted by Gasteiger charge is 2.77. The first kappa shape index (κ1) is 31.9. The maximum atomic E-state index is 15.2. The van der Waals surface area contributed by atoms with E-state index in [1.54, 1.807) is 58.0 Å². The maximum absolute atomic E-state index is 15.2. The lowest BCUT2D eigenvalue weighted by molar-refractivity contribution is -0.342. The molecular formula is C35H44O10. The molecule has 5 aliphatic rings. The van der Waals surface area contributed by atoms with E-state index in [0.717, 1.165) is 6.42 Å². The average molecular weight is 625 g/mol. The molecule has 1 aromatic carbocycles. The van der Waals surface area contributed by atoms with E-state index in [4.69, 9.17) is 18.9 Å². The lowest BCUT2D eigenvalue weighted by Gasteiger charge is -2.68. The first-order chi connectivity index (χ1) is 21.1. The predicted molar refractivity (Wildman–Crippen MR) is 160 cm³/mol. The average Bonchev–Trinajstić information content (AvgIpc) is 2.94. The molecule has 1 heterocycles. The number of ketones is 1. The smallest absolute Gasteiger partial charge is 0.338 e. The minimum Gasteiger partial charge on any atom is -0.455 e. The molecule has 3 saturated carbocycles. The number of hydrogen-bond acceptors (Lipinski definition) is 10. The summed E-state index contributed by atoms with van der Waals surface area (Å²) in [4.78, 5) is 55.3. The zero-order valence-corrected chi connectivity index (χ0v) is 26.8. The number of aliphatic hydroxyl groups excluding tert-OH is 1. The third-order valence-electron chi connectivity index (χ3n) is 12.1. The Kier molecular flexibility index (Phi) is 7.61. The minimum absolute atomic E-state index is 0.0607. The van der Waals surface area contributed by atoms with Crippen LogP contribution in [0.25, 0.3) is 0 Å². The summed E-state index contributed by atoms with van der Waals surface area (Å²) in [6.07, 6.45) is -2.33. The summed E-state index contributed by atoms with van der Waals surface area (Å²) < 4.78 is 24.7. The fourth-order valence-electron chi connectivity index (χ4n) is 8.85. The number of aliphatic hydroxyl groups is 2. The van der Waals surface area contributed by atoms with Crippen LogP contribution >= 0.6 is 0 Å². The molecule has 0 spiro atoms. The molecule has 9 atom stereocenters. The number of carbonyl (C=O) groups is 4. The van der Waals surface area contributed by atoms with Crippen molar-refractivity contribution in [3.05, 3.63) is 47.0 Å². The first-order valence-corrected chi connectivity index (χ1v) is 16.0. The van der Waals surface area contributed by atoms with Crippen LogP contribution in [0.15, 0.2) is 41.5 Å². The summed E-state index contributed by atoms with van der Waals surface area (Å²) in [5, 5.41) is 24.5. The van der Waals surface area contributed by atoms with E-state index in [1.165, 1.54) is 6.92 Å². The predicted octanol–water partition coefficient (Wildman–Crippen LogP) is 3.71. The second-order valence-corrected chi connectivity index (χ2v) is 14.6. The zero-order chi connectivity index (χ0) is 32.7. The van der Waals surface area contributed by atoms with Crippen LogP contribution in [0.3, 0.4) is 0 Å². The van der Waals surface area contributed by atoms with Crippen molar-refractivity contribution < 1.29 is 48.3 Å². The van der Waals surface area contributed by atoms with E-state index in [1.807, 2.05) is 6.92 Å². The monoisotopic (exact) mass is 624 g/mol. The fraction of sp³-hybridized carbons (Fsp3) is 0.657. The highest BCUT2D eigenvalue weighted by molar-refractivity contribution is 5.95. The number of esters is 3. The molecule has 10 nitrogen and oxygen atoms in total. The Bertz CT molecular complexity index is 1450. The topological polar surface area (TPSA) is 146 Å². The fourth-order valence-corrected chi connectivity index (χ4v) is 8.85. The molecule has 4 aliphatic carbocycles. The number of ether oxygens (including phenoxy) is 4. The van der Waals surface area contributed by atoms with E-state index in [-0.39, 0.29) is 30.1 Å². The Morgan fingerprint density at radius 1 is 1.04 bits per heavy atom. The van der Waals surface area contributed by atoms with E-state index < -0.39 is 82.0 Å². The van der Waals surface area contributed by atoms with Crippen molar-refractivity contribution in [2.45, 2.75) is 109 Å². The Labute approximate surface area is 263 Å². The Balaban J connectivity index is 1.62.